The lowest BCUT2D eigenvalue weighted by Gasteiger charge is -2.22. The van der Waals surface area contributed by atoms with Crippen LogP contribution in [0.4, 0.5) is 5.69 Å². The molecule has 0 aliphatic rings. The molecule has 0 saturated carbocycles. The van der Waals surface area contributed by atoms with E-state index in [1.54, 1.807) is 28.4 Å². The van der Waals surface area contributed by atoms with Crippen molar-refractivity contribution in [3.8, 4) is 17.2 Å². The lowest BCUT2D eigenvalue weighted by molar-refractivity contribution is 0.106. The van der Waals surface area contributed by atoms with Gasteiger partial charge in [-0.15, -0.1) is 0 Å². The summed E-state index contributed by atoms with van der Waals surface area (Å²) < 4.78 is 21.2. The molecule has 19 heavy (non-hydrogen) atoms. The predicted octanol–water partition coefficient (Wildman–Crippen LogP) is 2.55. The van der Waals surface area contributed by atoms with Crippen LogP contribution in [0.3, 0.4) is 0 Å². The van der Waals surface area contributed by atoms with Crippen molar-refractivity contribution in [1.29, 1.82) is 0 Å². The summed E-state index contributed by atoms with van der Waals surface area (Å²) in [6, 6.07) is 3.91. The minimum atomic E-state index is 0.0964. The topological polar surface area (TPSA) is 49.0 Å². The van der Waals surface area contributed by atoms with E-state index in [9.17, 15) is 0 Å². The van der Waals surface area contributed by atoms with Gasteiger partial charge in [0.05, 0.1) is 27.4 Å². The van der Waals surface area contributed by atoms with Gasteiger partial charge < -0.3 is 24.3 Å². The fraction of sp³-hybridized carbons (Fsp3) is 0.571. The number of rotatable bonds is 7. The Hall–Kier alpha value is -1.62. The summed E-state index contributed by atoms with van der Waals surface area (Å²) in [5, 5.41) is 3.35. The highest BCUT2D eigenvalue weighted by molar-refractivity contribution is 5.62. The molecule has 0 fully saturated rings. The molecule has 0 aliphatic carbocycles. The first kappa shape index (κ1) is 15.4. The molecule has 0 radical (unpaired) electrons. The third-order valence-electron chi connectivity index (χ3n) is 3.13. The predicted molar refractivity (Wildman–Crippen MR) is 75.7 cm³/mol. The van der Waals surface area contributed by atoms with E-state index in [0.29, 0.717) is 17.2 Å². The summed E-state index contributed by atoms with van der Waals surface area (Å²) in [7, 11) is 6.48. The molecule has 0 aromatic heterocycles. The molecule has 0 spiro atoms. The average molecular weight is 269 g/mol. The highest BCUT2D eigenvalue weighted by Crippen LogP contribution is 2.40. The van der Waals surface area contributed by atoms with Gasteiger partial charge in [0.15, 0.2) is 11.5 Å². The Morgan fingerprint density at radius 1 is 0.895 bits per heavy atom. The Morgan fingerprint density at radius 3 is 1.79 bits per heavy atom. The van der Waals surface area contributed by atoms with Crippen LogP contribution in [0.5, 0.6) is 17.2 Å². The lowest BCUT2D eigenvalue weighted by Crippen LogP contribution is -2.29. The number of methoxy groups -OCH3 is 4. The zero-order chi connectivity index (χ0) is 14.4. The van der Waals surface area contributed by atoms with Gasteiger partial charge in [0.25, 0.3) is 0 Å². The van der Waals surface area contributed by atoms with E-state index in [1.165, 1.54) is 0 Å². The van der Waals surface area contributed by atoms with Crippen molar-refractivity contribution in [2.75, 3.05) is 33.8 Å². The summed E-state index contributed by atoms with van der Waals surface area (Å²) in [6.07, 6.45) is 0.0964. The summed E-state index contributed by atoms with van der Waals surface area (Å²) >= 11 is 0. The normalized spacial score (nSPS) is 13.6. The third kappa shape index (κ3) is 3.67. The zero-order valence-electron chi connectivity index (χ0n) is 12.4. The Bertz CT molecular complexity index is 383. The lowest BCUT2D eigenvalue weighted by atomic mass is 10.2. The summed E-state index contributed by atoms with van der Waals surface area (Å²) in [4.78, 5) is 0. The first-order valence-electron chi connectivity index (χ1n) is 6.16. The van der Waals surface area contributed by atoms with Gasteiger partial charge >= 0.3 is 0 Å². The molecule has 1 rings (SSSR count). The number of benzene rings is 1. The van der Waals surface area contributed by atoms with Crippen LogP contribution in [0.2, 0.25) is 0 Å². The molecule has 0 amide bonds. The van der Waals surface area contributed by atoms with Crippen LogP contribution in [-0.2, 0) is 4.74 Å². The minimum absolute atomic E-state index is 0.0964. The molecule has 2 unspecified atom stereocenters. The van der Waals surface area contributed by atoms with E-state index in [2.05, 4.69) is 12.2 Å². The monoisotopic (exact) mass is 269 g/mol. The molecule has 1 N–H and O–H groups in total. The van der Waals surface area contributed by atoms with Gasteiger partial charge in [-0.05, 0) is 13.8 Å². The number of hydrogen-bond donors (Lipinski definition) is 1. The SMILES string of the molecule is COc1cc(NC(C)C(C)OC)cc(OC)c1OC. The van der Waals surface area contributed by atoms with Gasteiger partial charge in [-0.1, -0.05) is 0 Å². The van der Waals surface area contributed by atoms with Crippen molar-refractivity contribution in [2.45, 2.75) is 26.0 Å². The van der Waals surface area contributed by atoms with Crippen molar-refractivity contribution in [1.82, 2.24) is 0 Å². The van der Waals surface area contributed by atoms with Crippen molar-refractivity contribution in [3.63, 3.8) is 0 Å². The number of hydrogen-bond acceptors (Lipinski definition) is 5. The van der Waals surface area contributed by atoms with Crippen LogP contribution in [0.1, 0.15) is 13.8 Å². The largest absolute Gasteiger partial charge is 0.493 e. The quantitative estimate of drug-likeness (QED) is 0.824. The first-order valence-corrected chi connectivity index (χ1v) is 6.16. The molecule has 5 heteroatoms. The molecule has 108 valence electrons. The van der Waals surface area contributed by atoms with E-state index >= 15 is 0 Å². The Morgan fingerprint density at radius 2 is 1.42 bits per heavy atom. The van der Waals surface area contributed by atoms with E-state index < -0.39 is 0 Å². The summed E-state index contributed by atoms with van der Waals surface area (Å²) in [5.41, 5.74) is 0.894. The van der Waals surface area contributed by atoms with Crippen LogP contribution in [-0.4, -0.2) is 40.6 Å². The fourth-order valence-electron chi connectivity index (χ4n) is 1.75. The van der Waals surface area contributed by atoms with Crippen LogP contribution in [0, 0.1) is 0 Å². The van der Waals surface area contributed by atoms with E-state index in [4.69, 9.17) is 18.9 Å². The Kier molecular flexibility index (Phi) is 5.76. The highest BCUT2D eigenvalue weighted by Gasteiger charge is 2.16. The molecule has 2 atom stereocenters. The van der Waals surface area contributed by atoms with Gasteiger partial charge in [-0.2, -0.15) is 0 Å². The highest BCUT2D eigenvalue weighted by atomic mass is 16.5. The second-order valence-electron chi connectivity index (χ2n) is 4.29. The molecular weight excluding hydrogens is 246 g/mol. The van der Waals surface area contributed by atoms with Crippen molar-refractivity contribution in [2.24, 2.45) is 0 Å². The third-order valence-corrected chi connectivity index (χ3v) is 3.13. The van der Waals surface area contributed by atoms with Gasteiger partial charge in [-0.3, -0.25) is 0 Å². The van der Waals surface area contributed by atoms with Gasteiger partial charge in [0, 0.05) is 31.0 Å². The second-order valence-corrected chi connectivity index (χ2v) is 4.29. The molecule has 0 bridgehead atoms. The standard InChI is InChI=1S/C14H23NO4/c1-9(10(2)16-3)15-11-7-12(17-4)14(19-6)13(8-11)18-5/h7-10,15H,1-6H3. The van der Waals surface area contributed by atoms with Crippen molar-refractivity contribution < 1.29 is 18.9 Å². The first-order chi connectivity index (χ1) is 9.07. The Balaban J connectivity index is 3.02. The maximum absolute atomic E-state index is 5.31. The van der Waals surface area contributed by atoms with Gasteiger partial charge in [0.2, 0.25) is 5.75 Å². The molecule has 1 aromatic carbocycles. The van der Waals surface area contributed by atoms with Crippen LogP contribution in [0.25, 0.3) is 0 Å². The van der Waals surface area contributed by atoms with Gasteiger partial charge in [-0.25, -0.2) is 0 Å². The number of ether oxygens (including phenoxy) is 4. The molecular formula is C14H23NO4. The number of nitrogens with one attached hydrogen (secondary N) is 1. The van der Waals surface area contributed by atoms with Gasteiger partial charge in [0.1, 0.15) is 0 Å². The van der Waals surface area contributed by atoms with E-state index in [0.717, 1.165) is 5.69 Å². The smallest absolute Gasteiger partial charge is 0.203 e. The van der Waals surface area contributed by atoms with E-state index in [-0.39, 0.29) is 12.1 Å². The maximum atomic E-state index is 5.31. The zero-order valence-corrected chi connectivity index (χ0v) is 12.4. The molecule has 0 saturated heterocycles. The minimum Gasteiger partial charge on any atom is -0.493 e. The summed E-state index contributed by atoms with van der Waals surface area (Å²) in [6.45, 7) is 4.06. The molecule has 0 heterocycles. The van der Waals surface area contributed by atoms with Crippen LogP contribution >= 0.6 is 0 Å². The summed E-state index contributed by atoms with van der Waals surface area (Å²) in [5.74, 6) is 1.84. The van der Waals surface area contributed by atoms with Crippen molar-refractivity contribution in [3.05, 3.63) is 12.1 Å². The number of anilines is 1. The maximum Gasteiger partial charge on any atom is 0.203 e. The average Bonchev–Trinajstić information content (AvgIpc) is 2.44. The Labute approximate surface area is 114 Å². The van der Waals surface area contributed by atoms with E-state index in [1.807, 2.05) is 19.1 Å². The molecule has 0 aliphatic heterocycles. The second kappa shape index (κ2) is 7.09. The molecule has 5 nitrogen and oxygen atoms in total. The molecule has 1 aromatic rings. The van der Waals surface area contributed by atoms with Crippen LogP contribution < -0.4 is 19.5 Å². The van der Waals surface area contributed by atoms with Crippen molar-refractivity contribution >= 4 is 5.69 Å². The fourth-order valence-corrected chi connectivity index (χ4v) is 1.75. The van der Waals surface area contributed by atoms with Crippen LogP contribution in [0.15, 0.2) is 12.1 Å².